The highest BCUT2D eigenvalue weighted by Gasteiger charge is 2.42. The predicted molar refractivity (Wildman–Crippen MR) is 114 cm³/mol. The van der Waals surface area contributed by atoms with Crippen LogP contribution in [0.25, 0.3) is 0 Å². The van der Waals surface area contributed by atoms with Crippen LogP contribution in [0.5, 0.6) is 0 Å². The van der Waals surface area contributed by atoms with Crippen LogP contribution in [-0.4, -0.2) is 60.3 Å². The quantitative estimate of drug-likeness (QED) is 0.350. The van der Waals surface area contributed by atoms with Crippen molar-refractivity contribution in [2.75, 3.05) is 25.6 Å². The largest absolute Gasteiger partial charge is 0.448 e. The second-order valence-electron chi connectivity index (χ2n) is 6.77. The first kappa shape index (κ1) is 22.3. The number of nitrogens with one attached hydrogen (secondary N) is 2. The number of alkyl halides is 1. The lowest BCUT2D eigenvalue weighted by Gasteiger charge is -2.25. The zero-order valence-electron chi connectivity index (χ0n) is 16.7. The van der Waals surface area contributed by atoms with Gasteiger partial charge in [0.1, 0.15) is 12.6 Å². The molecule has 8 nitrogen and oxygen atoms in total. The number of alkyl carbamates (subject to hydrolysis) is 1. The lowest BCUT2D eigenvalue weighted by atomic mass is 10.0. The van der Waals surface area contributed by atoms with E-state index in [1.165, 1.54) is 0 Å². The number of rotatable bonds is 9. The number of hydrogen-bond donors (Lipinski definition) is 2. The zero-order chi connectivity index (χ0) is 22.2. The Morgan fingerprint density at radius 3 is 2.10 bits per heavy atom. The molecule has 0 saturated carbocycles. The van der Waals surface area contributed by atoms with Gasteiger partial charge < -0.3 is 15.4 Å². The summed E-state index contributed by atoms with van der Waals surface area (Å²) < 4.78 is 4.78. The predicted octanol–water partition coefficient (Wildman–Crippen LogP) is 1.98. The molecule has 2 aromatic carbocycles. The summed E-state index contributed by atoms with van der Waals surface area (Å²) in [7, 11) is 0. The van der Waals surface area contributed by atoms with Crippen molar-refractivity contribution >= 4 is 35.4 Å². The fourth-order valence-electron chi connectivity index (χ4n) is 3.28. The Morgan fingerprint density at radius 1 is 0.903 bits per heavy atom. The van der Waals surface area contributed by atoms with Crippen molar-refractivity contribution < 1.29 is 23.9 Å². The highest BCUT2D eigenvalue weighted by Crippen LogP contribution is 2.26. The van der Waals surface area contributed by atoms with Gasteiger partial charge in [-0.1, -0.05) is 42.5 Å². The molecule has 3 rings (SSSR count). The molecule has 0 saturated heterocycles. The molecule has 0 bridgehead atoms. The Morgan fingerprint density at radius 2 is 1.48 bits per heavy atom. The van der Waals surface area contributed by atoms with Crippen LogP contribution >= 0.6 is 11.6 Å². The number of carbonyl (C=O) groups excluding carboxylic acids is 4. The Bertz CT molecular complexity index is 932. The van der Waals surface area contributed by atoms with E-state index in [1.54, 1.807) is 24.3 Å². The topological polar surface area (TPSA) is 105 Å². The molecule has 0 aliphatic carbocycles. The molecule has 1 aliphatic heterocycles. The molecule has 2 N–H and O–H groups in total. The summed E-state index contributed by atoms with van der Waals surface area (Å²) in [4.78, 5) is 51.2. The van der Waals surface area contributed by atoms with E-state index in [1.807, 2.05) is 30.3 Å². The molecule has 1 atom stereocenters. The van der Waals surface area contributed by atoms with Crippen LogP contribution < -0.4 is 10.6 Å². The summed E-state index contributed by atoms with van der Waals surface area (Å²) in [6.45, 7) is 0.301. The SMILES string of the molecule is O=C(NCCNC(=O)C(Cc1ccccc1)N1C(=O)c2ccccc2C1=O)OCCCl. The van der Waals surface area contributed by atoms with Crippen molar-refractivity contribution in [3.05, 3.63) is 71.3 Å². The van der Waals surface area contributed by atoms with Crippen LogP contribution in [0.2, 0.25) is 0 Å². The van der Waals surface area contributed by atoms with Crippen LogP contribution in [-0.2, 0) is 16.0 Å². The maximum atomic E-state index is 13.0. The molecule has 4 amide bonds. The van der Waals surface area contributed by atoms with Gasteiger partial charge in [-0.3, -0.25) is 19.3 Å². The molecule has 1 unspecified atom stereocenters. The highest BCUT2D eigenvalue weighted by atomic mass is 35.5. The molecule has 0 radical (unpaired) electrons. The van der Waals surface area contributed by atoms with Crippen molar-refractivity contribution in [2.24, 2.45) is 0 Å². The molecular formula is C22H22ClN3O5. The molecule has 0 spiro atoms. The van der Waals surface area contributed by atoms with Gasteiger partial charge in [-0.25, -0.2) is 4.79 Å². The summed E-state index contributed by atoms with van der Waals surface area (Å²) in [5, 5.41) is 5.16. The zero-order valence-corrected chi connectivity index (χ0v) is 17.4. The number of benzene rings is 2. The molecule has 1 heterocycles. The number of fused-ring (bicyclic) bond motifs is 1. The third-order valence-electron chi connectivity index (χ3n) is 4.72. The van der Waals surface area contributed by atoms with Crippen LogP contribution in [0.4, 0.5) is 4.79 Å². The lowest BCUT2D eigenvalue weighted by Crippen LogP contribution is -2.51. The van der Waals surface area contributed by atoms with E-state index in [0.29, 0.717) is 0 Å². The third kappa shape index (κ3) is 5.40. The number of hydrogen-bond acceptors (Lipinski definition) is 5. The number of carbonyl (C=O) groups is 4. The monoisotopic (exact) mass is 443 g/mol. The van der Waals surface area contributed by atoms with Crippen molar-refractivity contribution in [1.82, 2.24) is 15.5 Å². The summed E-state index contributed by atoms with van der Waals surface area (Å²) in [6, 6.07) is 14.6. The molecule has 2 aromatic rings. The van der Waals surface area contributed by atoms with Crippen molar-refractivity contribution in [2.45, 2.75) is 12.5 Å². The maximum absolute atomic E-state index is 13.0. The van der Waals surface area contributed by atoms with Gasteiger partial charge in [-0.2, -0.15) is 0 Å². The van der Waals surface area contributed by atoms with E-state index in [0.717, 1.165) is 10.5 Å². The van der Waals surface area contributed by atoms with E-state index < -0.39 is 29.9 Å². The lowest BCUT2D eigenvalue weighted by molar-refractivity contribution is -0.125. The van der Waals surface area contributed by atoms with Crippen LogP contribution in [0, 0.1) is 0 Å². The van der Waals surface area contributed by atoms with Crippen molar-refractivity contribution in [3.8, 4) is 0 Å². The number of ether oxygens (including phenoxy) is 1. The minimum atomic E-state index is -1.03. The van der Waals surface area contributed by atoms with E-state index in [-0.39, 0.29) is 43.1 Å². The number of amides is 4. The second-order valence-corrected chi connectivity index (χ2v) is 7.15. The number of imide groups is 1. The first-order valence-electron chi connectivity index (χ1n) is 9.78. The maximum Gasteiger partial charge on any atom is 0.407 e. The molecular weight excluding hydrogens is 422 g/mol. The van der Waals surface area contributed by atoms with E-state index >= 15 is 0 Å². The first-order chi connectivity index (χ1) is 15.0. The van der Waals surface area contributed by atoms with Gasteiger partial charge in [0.25, 0.3) is 11.8 Å². The van der Waals surface area contributed by atoms with Crippen LogP contribution in [0.1, 0.15) is 26.3 Å². The summed E-state index contributed by atoms with van der Waals surface area (Å²) in [6.07, 6.45) is -0.473. The highest BCUT2D eigenvalue weighted by molar-refractivity contribution is 6.22. The third-order valence-corrected chi connectivity index (χ3v) is 4.87. The van der Waals surface area contributed by atoms with Crippen molar-refractivity contribution in [3.63, 3.8) is 0 Å². The second kappa shape index (κ2) is 10.6. The van der Waals surface area contributed by atoms with Crippen LogP contribution in [0.15, 0.2) is 54.6 Å². The average molecular weight is 444 g/mol. The molecule has 9 heteroatoms. The molecule has 1 aliphatic rings. The normalized spacial score (nSPS) is 13.5. The summed E-state index contributed by atoms with van der Waals surface area (Å²) in [5.74, 6) is -1.31. The molecule has 162 valence electrons. The standard InChI is InChI=1S/C22H22ClN3O5/c23-10-13-31-22(30)25-12-11-24-19(27)18(14-15-6-2-1-3-7-15)26-20(28)16-8-4-5-9-17(16)21(26)29/h1-9,18H,10-14H2,(H,24,27)(H,25,30). The number of halogens is 1. The van der Waals surface area contributed by atoms with Crippen molar-refractivity contribution in [1.29, 1.82) is 0 Å². The Kier molecular flexibility index (Phi) is 7.61. The van der Waals surface area contributed by atoms with Gasteiger partial charge in [0, 0.05) is 19.5 Å². The molecule has 0 fully saturated rings. The Labute approximate surface area is 184 Å². The fourth-order valence-corrected chi connectivity index (χ4v) is 3.36. The van der Waals surface area contributed by atoms with Gasteiger partial charge >= 0.3 is 6.09 Å². The first-order valence-corrected chi connectivity index (χ1v) is 10.3. The van der Waals surface area contributed by atoms with Gasteiger partial charge in [0.05, 0.1) is 17.0 Å². The average Bonchev–Trinajstić information content (AvgIpc) is 3.04. The van der Waals surface area contributed by atoms with E-state index in [2.05, 4.69) is 10.6 Å². The Hall–Kier alpha value is -3.39. The number of nitrogens with zero attached hydrogens (tertiary/aromatic N) is 1. The van der Waals surface area contributed by atoms with Gasteiger partial charge in [0.2, 0.25) is 5.91 Å². The van der Waals surface area contributed by atoms with E-state index in [9.17, 15) is 19.2 Å². The fraction of sp³-hybridized carbons (Fsp3) is 0.273. The van der Waals surface area contributed by atoms with Gasteiger partial charge in [-0.15, -0.1) is 11.6 Å². The van der Waals surface area contributed by atoms with Gasteiger partial charge in [-0.05, 0) is 17.7 Å². The van der Waals surface area contributed by atoms with Gasteiger partial charge in [0.15, 0.2) is 0 Å². The summed E-state index contributed by atoms with van der Waals surface area (Å²) >= 11 is 5.45. The van der Waals surface area contributed by atoms with E-state index in [4.69, 9.17) is 16.3 Å². The molecule has 0 aromatic heterocycles. The molecule has 31 heavy (non-hydrogen) atoms. The minimum Gasteiger partial charge on any atom is -0.448 e. The van der Waals surface area contributed by atoms with Crippen LogP contribution in [0.3, 0.4) is 0 Å². The Balaban J connectivity index is 1.70. The minimum absolute atomic E-state index is 0.0820. The smallest absolute Gasteiger partial charge is 0.407 e. The summed E-state index contributed by atoms with van der Waals surface area (Å²) in [5.41, 5.74) is 1.37.